The molecule has 2 rings (SSSR count). The molecule has 0 saturated heterocycles. The zero-order valence-electron chi connectivity index (χ0n) is 9.85. The van der Waals surface area contributed by atoms with E-state index in [1.165, 1.54) is 16.8 Å². The van der Waals surface area contributed by atoms with E-state index in [1.54, 1.807) is 6.20 Å². The Labute approximate surface area is 103 Å². The molecule has 1 unspecified atom stereocenters. The van der Waals surface area contributed by atoms with Gasteiger partial charge in [0.2, 0.25) is 0 Å². The molecule has 4 nitrogen and oxygen atoms in total. The van der Waals surface area contributed by atoms with Gasteiger partial charge in [-0.05, 0) is 24.1 Å². The van der Waals surface area contributed by atoms with E-state index in [4.69, 9.17) is 0 Å². The van der Waals surface area contributed by atoms with E-state index >= 15 is 0 Å². The number of hydrogen-bond donors (Lipinski definition) is 1. The molecular weight excluding hydrogens is 240 g/mol. The summed E-state index contributed by atoms with van der Waals surface area (Å²) in [4.78, 5) is 0. The summed E-state index contributed by atoms with van der Waals surface area (Å²) in [6.07, 6.45) is 1.44. The molecule has 2 aromatic rings. The highest BCUT2D eigenvalue weighted by Crippen LogP contribution is 2.13. The van der Waals surface area contributed by atoms with E-state index in [-0.39, 0.29) is 6.54 Å². The minimum absolute atomic E-state index is 0.206. The maximum absolute atomic E-state index is 13.0. The first-order valence-corrected chi connectivity index (χ1v) is 5.61. The topological polar surface area (TPSA) is 50.9 Å². The highest BCUT2D eigenvalue weighted by molar-refractivity contribution is 5.18. The molecule has 96 valence electrons. The summed E-state index contributed by atoms with van der Waals surface area (Å²) in [5, 5.41) is 17.2. The molecule has 1 aromatic heterocycles. The van der Waals surface area contributed by atoms with Crippen molar-refractivity contribution in [3.63, 3.8) is 0 Å². The van der Waals surface area contributed by atoms with Crippen molar-refractivity contribution in [2.75, 3.05) is 0 Å². The summed E-state index contributed by atoms with van der Waals surface area (Å²) in [6.45, 7) is 2.03. The Morgan fingerprint density at radius 1 is 1.28 bits per heavy atom. The Balaban J connectivity index is 2.16. The fraction of sp³-hybridized carbons (Fsp3) is 0.333. The Hall–Kier alpha value is -1.82. The molecule has 1 atom stereocenters. The number of aliphatic hydroxyl groups excluding tert-OH is 1. The highest BCUT2D eigenvalue weighted by Gasteiger charge is 2.10. The van der Waals surface area contributed by atoms with Crippen molar-refractivity contribution < 1.29 is 13.9 Å². The quantitative estimate of drug-likeness (QED) is 0.907. The largest absolute Gasteiger partial charge is 0.387 e. The molecule has 0 bridgehead atoms. The lowest BCUT2D eigenvalue weighted by atomic mass is 10.2. The van der Waals surface area contributed by atoms with E-state index in [0.717, 1.165) is 6.07 Å². The van der Waals surface area contributed by atoms with Gasteiger partial charge in [-0.2, -0.15) is 0 Å². The van der Waals surface area contributed by atoms with Crippen LogP contribution in [-0.2, 0) is 6.54 Å². The van der Waals surface area contributed by atoms with Crippen LogP contribution in [0.25, 0.3) is 0 Å². The summed E-state index contributed by atoms with van der Waals surface area (Å²) in [5.74, 6) is -1.25. The molecule has 0 aliphatic rings. The summed E-state index contributed by atoms with van der Waals surface area (Å²) in [6, 6.07) is 3.29. The van der Waals surface area contributed by atoms with Crippen LogP contribution in [0.3, 0.4) is 0 Å². The van der Waals surface area contributed by atoms with Crippen molar-refractivity contribution in [3.8, 4) is 0 Å². The molecule has 18 heavy (non-hydrogen) atoms. The normalized spacial score (nSPS) is 12.7. The van der Waals surface area contributed by atoms with Crippen molar-refractivity contribution >= 4 is 0 Å². The number of hydrogen-bond acceptors (Lipinski definition) is 3. The summed E-state index contributed by atoms with van der Waals surface area (Å²) in [5.41, 5.74) is 0.907. The van der Waals surface area contributed by atoms with Crippen LogP contribution in [-0.4, -0.2) is 20.1 Å². The number of aliphatic hydroxyl groups is 1. The molecule has 0 aliphatic carbocycles. The summed E-state index contributed by atoms with van der Waals surface area (Å²) >= 11 is 0. The number of benzene rings is 1. The van der Waals surface area contributed by atoms with Crippen LogP contribution in [0.5, 0.6) is 0 Å². The Morgan fingerprint density at radius 2 is 1.94 bits per heavy atom. The SMILES string of the molecule is CCC(O)c1cn(Cc2cc(F)cc(F)c2)nn1. The molecule has 0 radical (unpaired) electrons. The Kier molecular flexibility index (Phi) is 3.66. The highest BCUT2D eigenvalue weighted by atomic mass is 19.1. The smallest absolute Gasteiger partial charge is 0.126 e. The lowest BCUT2D eigenvalue weighted by Gasteiger charge is -2.02. The predicted octanol–water partition coefficient (Wildman–Crippen LogP) is 2.05. The van der Waals surface area contributed by atoms with E-state index in [2.05, 4.69) is 10.3 Å². The monoisotopic (exact) mass is 253 g/mol. The van der Waals surface area contributed by atoms with Crippen LogP contribution in [0.1, 0.15) is 30.7 Å². The van der Waals surface area contributed by atoms with Crippen molar-refractivity contribution in [1.29, 1.82) is 0 Å². The van der Waals surface area contributed by atoms with Gasteiger partial charge < -0.3 is 5.11 Å². The van der Waals surface area contributed by atoms with Gasteiger partial charge in [-0.25, -0.2) is 13.5 Å². The first kappa shape index (κ1) is 12.6. The summed E-state index contributed by atoms with van der Waals surface area (Å²) < 4.78 is 27.4. The number of rotatable bonds is 4. The first-order chi connectivity index (χ1) is 8.58. The van der Waals surface area contributed by atoms with E-state index in [0.29, 0.717) is 17.7 Å². The molecule has 1 heterocycles. The van der Waals surface area contributed by atoms with Gasteiger partial charge in [0.05, 0.1) is 18.8 Å². The van der Waals surface area contributed by atoms with E-state index < -0.39 is 17.7 Å². The van der Waals surface area contributed by atoms with E-state index in [1.807, 2.05) is 6.92 Å². The van der Waals surface area contributed by atoms with Crippen LogP contribution >= 0.6 is 0 Å². The number of nitrogens with zero attached hydrogens (tertiary/aromatic N) is 3. The van der Waals surface area contributed by atoms with Crippen LogP contribution in [0.2, 0.25) is 0 Å². The molecular formula is C12H13F2N3O. The van der Waals surface area contributed by atoms with Gasteiger partial charge in [-0.15, -0.1) is 5.10 Å². The fourth-order valence-corrected chi connectivity index (χ4v) is 1.64. The number of aromatic nitrogens is 3. The average Bonchev–Trinajstić information content (AvgIpc) is 2.75. The lowest BCUT2D eigenvalue weighted by molar-refractivity contribution is 0.168. The number of halogens is 2. The summed E-state index contributed by atoms with van der Waals surface area (Å²) in [7, 11) is 0. The van der Waals surface area contributed by atoms with Crippen molar-refractivity contribution in [2.24, 2.45) is 0 Å². The molecule has 1 N–H and O–H groups in total. The third-order valence-electron chi connectivity index (χ3n) is 2.55. The molecule has 1 aromatic carbocycles. The van der Waals surface area contributed by atoms with Gasteiger partial charge in [0.25, 0.3) is 0 Å². The van der Waals surface area contributed by atoms with Crippen LogP contribution in [0, 0.1) is 11.6 Å². The zero-order chi connectivity index (χ0) is 13.1. The van der Waals surface area contributed by atoms with Crippen molar-refractivity contribution in [3.05, 3.63) is 47.3 Å². The van der Waals surface area contributed by atoms with Crippen LogP contribution in [0.4, 0.5) is 8.78 Å². The molecule has 6 heteroatoms. The maximum Gasteiger partial charge on any atom is 0.126 e. The van der Waals surface area contributed by atoms with Gasteiger partial charge in [-0.1, -0.05) is 12.1 Å². The van der Waals surface area contributed by atoms with Gasteiger partial charge in [0.15, 0.2) is 0 Å². The lowest BCUT2D eigenvalue weighted by Crippen LogP contribution is -2.01. The minimum Gasteiger partial charge on any atom is -0.387 e. The predicted molar refractivity (Wildman–Crippen MR) is 60.7 cm³/mol. The minimum atomic E-state index is -0.664. The van der Waals surface area contributed by atoms with Gasteiger partial charge in [-0.3, -0.25) is 0 Å². The molecule has 0 spiro atoms. The molecule has 0 saturated carbocycles. The van der Waals surface area contributed by atoms with Gasteiger partial charge >= 0.3 is 0 Å². The van der Waals surface area contributed by atoms with Gasteiger partial charge in [0, 0.05) is 6.07 Å². The third-order valence-corrected chi connectivity index (χ3v) is 2.55. The first-order valence-electron chi connectivity index (χ1n) is 5.61. The van der Waals surface area contributed by atoms with Gasteiger partial charge in [0.1, 0.15) is 17.3 Å². The standard InChI is InChI=1S/C12H13F2N3O/c1-2-12(18)11-7-17(16-15-11)6-8-3-9(13)5-10(14)4-8/h3-5,7,12,18H,2,6H2,1H3. The van der Waals surface area contributed by atoms with Crippen LogP contribution in [0.15, 0.2) is 24.4 Å². The van der Waals surface area contributed by atoms with E-state index in [9.17, 15) is 13.9 Å². The van der Waals surface area contributed by atoms with Crippen LogP contribution < -0.4 is 0 Å². The fourth-order valence-electron chi connectivity index (χ4n) is 1.64. The Bertz CT molecular complexity index is 522. The zero-order valence-corrected chi connectivity index (χ0v) is 9.85. The maximum atomic E-state index is 13.0. The van der Waals surface area contributed by atoms with Crippen molar-refractivity contribution in [2.45, 2.75) is 26.0 Å². The molecule has 0 fully saturated rings. The molecule has 0 aliphatic heterocycles. The second-order valence-electron chi connectivity index (χ2n) is 4.04. The average molecular weight is 253 g/mol. The molecule has 0 amide bonds. The Morgan fingerprint density at radius 3 is 2.56 bits per heavy atom. The second kappa shape index (κ2) is 5.22. The third kappa shape index (κ3) is 2.89. The van der Waals surface area contributed by atoms with Crippen molar-refractivity contribution in [1.82, 2.24) is 15.0 Å². The second-order valence-corrected chi connectivity index (χ2v) is 4.04.